The molecule has 2 aliphatic rings. The Morgan fingerprint density at radius 2 is 1.89 bits per heavy atom. The number of anilines is 1. The van der Waals surface area contributed by atoms with Crippen LogP contribution in [0.5, 0.6) is 0 Å². The van der Waals surface area contributed by atoms with E-state index >= 15 is 0 Å². The van der Waals surface area contributed by atoms with Crippen LogP contribution in [0.25, 0.3) is 0 Å². The molecule has 27 heavy (non-hydrogen) atoms. The lowest BCUT2D eigenvalue weighted by Crippen LogP contribution is -2.40. The van der Waals surface area contributed by atoms with Crippen LogP contribution in [0.2, 0.25) is 5.02 Å². The van der Waals surface area contributed by atoms with Crippen LogP contribution in [-0.2, 0) is 14.4 Å². The minimum atomic E-state index is -0.476. The molecule has 0 saturated heterocycles. The van der Waals surface area contributed by atoms with Gasteiger partial charge < -0.3 is 16.0 Å². The number of hydrogen-bond acceptors (Lipinski definition) is 4. The number of halogens is 1. The van der Waals surface area contributed by atoms with Crippen molar-refractivity contribution < 1.29 is 14.4 Å². The molecule has 8 heteroatoms. The summed E-state index contributed by atoms with van der Waals surface area (Å²) in [7, 11) is 0. The van der Waals surface area contributed by atoms with Crippen molar-refractivity contribution in [2.45, 2.75) is 48.7 Å². The van der Waals surface area contributed by atoms with Crippen LogP contribution in [0, 0.1) is 5.92 Å². The maximum absolute atomic E-state index is 12.2. The van der Waals surface area contributed by atoms with E-state index < -0.39 is 5.25 Å². The summed E-state index contributed by atoms with van der Waals surface area (Å²) in [5.41, 5.74) is 0.680. The van der Waals surface area contributed by atoms with Gasteiger partial charge in [0.15, 0.2) is 0 Å². The van der Waals surface area contributed by atoms with E-state index in [1.165, 1.54) is 18.2 Å². The molecule has 1 aromatic carbocycles. The summed E-state index contributed by atoms with van der Waals surface area (Å²) in [4.78, 5) is 37.3. The summed E-state index contributed by atoms with van der Waals surface area (Å²) in [6.07, 6.45) is 5.45. The second-order valence-electron chi connectivity index (χ2n) is 6.92. The maximum atomic E-state index is 12.2. The molecule has 1 atom stereocenters. The zero-order valence-corrected chi connectivity index (χ0v) is 16.6. The number of fused-ring (bicyclic) bond motifs is 1. The number of carbonyl (C=O) groups excluding carboxylic acids is 3. The van der Waals surface area contributed by atoms with Crippen molar-refractivity contribution in [2.24, 2.45) is 5.92 Å². The van der Waals surface area contributed by atoms with Crippen LogP contribution in [0.1, 0.15) is 38.5 Å². The van der Waals surface area contributed by atoms with Gasteiger partial charge in [0.05, 0.1) is 10.9 Å². The average Bonchev–Trinajstić information content (AvgIpc) is 2.66. The molecule has 1 aliphatic heterocycles. The van der Waals surface area contributed by atoms with E-state index in [9.17, 15) is 14.4 Å². The third kappa shape index (κ3) is 5.62. The highest BCUT2D eigenvalue weighted by Crippen LogP contribution is 2.38. The summed E-state index contributed by atoms with van der Waals surface area (Å²) in [5, 5.41) is 8.54. The van der Waals surface area contributed by atoms with Crippen molar-refractivity contribution in [3.05, 3.63) is 23.2 Å². The van der Waals surface area contributed by atoms with Gasteiger partial charge in [0.25, 0.3) is 0 Å². The number of benzene rings is 1. The van der Waals surface area contributed by atoms with E-state index in [0.29, 0.717) is 23.8 Å². The van der Waals surface area contributed by atoms with E-state index in [2.05, 4.69) is 16.0 Å². The average molecular weight is 410 g/mol. The highest BCUT2D eigenvalue weighted by Gasteiger charge is 2.29. The summed E-state index contributed by atoms with van der Waals surface area (Å²) in [6.45, 7) is 0.773. The normalized spacial score (nSPS) is 19.7. The minimum absolute atomic E-state index is 0.0847. The first-order chi connectivity index (χ1) is 13.0. The van der Waals surface area contributed by atoms with Crippen LogP contribution < -0.4 is 16.0 Å². The first-order valence-corrected chi connectivity index (χ1v) is 10.6. The van der Waals surface area contributed by atoms with Gasteiger partial charge in [0.1, 0.15) is 0 Å². The Bertz CT molecular complexity index is 722. The number of amides is 3. The highest BCUT2D eigenvalue weighted by atomic mass is 35.5. The maximum Gasteiger partial charge on any atom is 0.238 e. The van der Waals surface area contributed by atoms with E-state index in [1.807, 2.05) is 6.07 Å². The molecule has 146 valence electrons. The summed E-state index contributed by atoms with van der Waals surface area (Å²) in [6, 6.07) is 5.30. The number of hydrogen-bond donors (Lipinski definition) is 3. The number of nitrogens with one attached hydrogen (secondary N) is 3. The van der Waals surface area contributed by atoms with Gasteiger partial charge in [0, 0.05) is 35.3 Å². The predicted molar refractivity (Wildman–Crippen MR) is 107 cm³/mol. The zero-order chi connectivity index (χ0) is 19.2. The second kappa shape index (κ2) is 9.46. The first-order valence-electron chi connectivity index (χ1n) is 9.34. The van der Waals surface area contributed by atoms with Gasteiger partial charge in [-0.3, -0.25) is 14.4 Å². The minimum Gasteiger partial charge on any atom is -0.354 e. The third-order valence-electron chi connectivity index (χ3n) is 4.85. The fraction of sp³-hybridized carbons (Fsp3) is 0.526. The van der Waals surface area contributed by atoms with Crippen molar-refractivity contribution in [3.8, 4) is 0 Å². The van der Waals surface area contributed by atoms with E-state index in [4.69, 9.17) is 11.6 Å². The number of thioether (sulfide) groups is 1. The van der Waals surface area contributed by atoms with Gasteiger partial charge in [-0.15, -0.1) is 11.8 Å². The third-order valence-corrected chi connectivity index (χ3v) is 6.36. The summed E-state index contributed by atoms with van der Waals surface area (Å²) in [5.74, 6) is -0.200. The monoisotopic (exact) mass is 409 g/mol. The van der Waals surface area contributed by atoms with Gasteiger partial charge in [0.2, 0.25) is 17.7 Å². The molecule has 3 rings (SSSR count). The van der Waals surface area contributed by atoms with Gasteiger partial charge in [-0.2, -0.15) is 0 Å². The standard InChI is InChI=1S/C19H24ClN3O3S/c20-13-6-7-15-14(10-13)23-19(26)16(27-15)11-17(24)21-8-9-22-18(25)12-4-2-1-3-5-12/h6-7,10,12,16H,1-5,8-9,11H2,(H,21,24)(H,22,25)(H,23,26). The smallest absolute Gasteiger partial charge is 0.238 e. The molecule has 1 unspecified atom stereocenters. The molecule has 0 aromatic heterocycles. The summed E-state index contributed by atoms with van der Waals surface area (Å²) < 4.78 is 0. The first kappa shape index (κ1) is 20.0. The van der Waals surface area contributed by atoms with Crippen molar-refractivity contribution in [2.75, 3.05) is 18.4 Å². The van der Waals surface area contributed by atoms with E-state index in [1.54, 1.807) is 12.1 Å². The zero-order valence-electron chi connectivity index (χ0n) is 15.1. The van der Waals surface area contributed by atoms with Crippen LogP contribution >= 0.6 is 23.4 Å². The number of carbonyl (C=O) groups is 3. The van der Waals surface area contributed by atoms with Crippen molar-refractivity contribution in [1.82, 2.24) is 10.6 Å². The number of rotatable bonds is 6. The van der Waals surface area contributed by atoms with Gasteiger partial charge >= 0.3 is 0 Å². The lowest BCUT2D eigenvalue weighted by Gasteiger charge is -2.24. The Morgan fingerprint density at radius 3 is 2.67 bits per heavy atom. The molecule has 3 N–H and O–H groups in total. The molecule has 0 bridgehead atoms. The molecule has 6 nitrogen and oxygen atoms in total. The fourth-order valence-electron chi connectivity index (χ4n) is 3.39. The Labute approximate surface area is 168 Å². The molecule has 1 aliphatic carbocycles. The lowest BCUT2D eigenvalue weighted by molar-refractivity contribution is -0.126. The van der Waals surface area contributed by atoms with Crippen LogP contribution in [-0.4, -0.2) is 36.1 Å². The molecule has 3 amide bonds. The Morgan fingerprint density at radius 1 is 1.15 bits per heavy atom. The van der Waals surface area contributed by atoms with Crippen molar-refractivity contribution >= 4 is 46.8 Å². The van der Waals surface area contributed by atoms with Gasteiger partial charge in [-0.05, 0) is 31.0 Å². The fourth-order valence-corrected chi connectivity index (χ4v) is 4.66. The Balaban J connectivity index is 1.38. The lowest BCUT2D eigenvalue weighted by atomic mass is 9.89. The van der Waals surface area contributed by atoms with Gasteiger partial charge in [-0.25, -0.2) is 0 Å². The largest absolute Gasteiger partial charge is 0.354 e. The molecule has 0 radical (unpaired) electrons. The van der Waals surface area contributed by atoms with Crippen LogP contribution in [0.15, 0.2) is 23.1 Å². The molecular formula is C19H24ClN3O3S. The summed E-state index contributed by atoms with van der Waals surface area (Å²) >= 11 is 7.30. The molecule has 1 heterocycles. The van der Waals surface area contributed by atoms with Gasteiger partial charge in [-0.1, -0.05) is 30.9 Å². The topological polar surface area (TPSA) is 87.3 Å². The Hall–Kier alpha value is -1.73. The van der Waals surface area contributed by atoms with Crippen LogP contribution in [0.3, 0.4) is 0 Å². The van der Waals surface area contributed by atoms with E-state index in [-0.39, 0.29) is 30.1 Å². The van der Waals surface area contributed by atoms with Crippen molar-refractivity contribution in [3.63, 3.8) is 0 Å². The molecular weight excluding hydrogens is 386 g/mol. The highest BCUT2D eigenvalue weighted by molar-refractivity contribution is 8.01. The molecule has 1 aromatic rings. The predicted octanol–water partition coefficient (Wildman–Crippen LogP) is 2.96. The quantitative estimate of drug-likeness (QED) is 0.630. The SMILES string of the molecule is O=C(CC1Sc2ccc(Cl)cc2NC1=O)NCCNC(=O)C1CCCCC1. The van der Waals surface area contributed by atoms with E-state index in [0.717, 1.165) is 30.6 Å². The molecule has 1 saturated carbocycles. The molecule has 1 fully saturated rings. The Kier molecular flexibility index (Phi) is 7.01. The van der Waals surface area contributed by atoms with Crippen molar-refractivity contribution in [1.29, 1.82) is 0 Å². The second-order valence-corrected chi connectivity index (χ2v) is 8.60. The molecule has 0 spiro atoms. The van der Waals surface area contributed by atoms with Crippen LogP contribution in [0.4, 0.5) is 5.69 Å².